The molecule has 14 nitrogen and oxygen atoms in total. The van der Waals surface area contributed by atoms with Crippen LogP contribution < -0.4 is 29.9 Å². The first kappa shape index (κ1) is 44.1. The molecule has 0 unspecified atom stereocenters. The summed E-state index contributed by atoms with van der Waals surface area (Å²) in [4.78, 5) is 28.6. The van der Waals surface area contributed by atoms with Crippen LogP contribution in [-0.2, 0) is 22.3 Å². The van der Waals surface area contributed by atoms with E-state index in [0.29, 0.717) is 24.2 Å². The van der Waals surface area contributed by atoms with Crippen LogP contribution in [0.2, 0.25) is 0 Å². The molecular weight excluding hydrogens is 809 g/mol. The molecule has 14 heteroatoms. The van der Waals surface area contributed by atoms with Crippen molar-refractivity contribution in [3.63, 3.8) is 0 Å². The number of hydrogen-bond donors (Lipinski definition) is 2. The minimum atomic E-state index is -0.311. The monoisotopic (exact) mass is 877 g/mol. The number of rotatable bonds is 8. The second kappa shape index (κ2) is 19.2. The van der Waals surface area contributed by atoms with Crippen molar-refractivity contribution in [3.8, 4) is 33.8 Å². The number of carbonyl (C=O) groups is 2. The first-order chi connectivity index (χ1) is 31.1. The predicted molar refractivity (Wildman–Crippen MR) is 249 cm³/mol. The molecule has 64 heavy (non-hydrogen) atoms. The molecule has 10 rings (SSSR count). The number of ether oxygens (including phenoxy) is 4. The Balaban J connectivity index is 0.000000162. The molecule has 4 aromatic rings. The van der Waals surface area contributed by atoms with E-state index in [1.54, 1.807) is 9.80 Å². The van der Waals surface area contributed by atoms with Gasteiger partial charge in [-0.1, -0.05) is 0 Å². The van der Waals surface area contributed by atoms with Gasteiger partial charge in [0, 0.05) is 69.9 Å². The van der Waals surface area contributed by atoms with Gasteiger partial charge in [0.05, 0.1) is 62.3 Å². The number of benzene rings is 2. The van der Waals surface area contributed by atoms with Crippen molar-refractivity contribution in [2.45, 2.75) is 166 Å². The molecule has 2 saturated heterocycles. The molecule has 2 saturated carbocycles. The van der Waals surface area contributed by atoms with Crippen LogP contribution in [0, 0.1) is 0 Å². The van der Waals surface area contributed by atoms with Gasteiger partial charge in [0.1, 0.15) is 11.5 Å². The second-order valence-electron chi connectivity index (χ2n) is 19.2. The van der Waals surface area contributed by atoms with E-state index >= 15 is 0 Å². The second-order valence-corrected chi connectivity index (χ2v) is 19.2. The van der Waals surface area contributed by atoms with E-state index in [1.165, 1.54) is 27.1 Å². The summed E-state index contributed by atoms with van der Waals surface area (Å²) in [6.45, 7) is 10.7. The molecule has 6 atom stereocenters. The normalized spacial score (nSPS) is 25.7. The van der Waals surface area contributed by atoms with Gasteiger partial charge >= 0.3 is 12.2 Å². The summed E-state index contributed by atoms with van der Waals surface area (Å²) in [7, 11) is 2.89. The largest absolute Gasteiger partial charge is 0.489 e. The number of piperidine rings is 2. The van der Waals surface area contributed by atoms with Gasteiger partial charge in [-0.15, -0.1) is 0 Å². The molecular formula is C50H68N8O6. The van der Waals surface area contributed by atoms with E-state index < -0.39 is 0 Å². The lowest BCUT2D eigenvalue weighted by Crippen LogP contribution is -2.42. The Labute approximate surface area is 378 Å². The highest BCUT2D eigenvalue weighted by Crippen LogP contribution is 2.47. The summed E-state index contributed by atoms with van der Waals surface area (Å²) < 4.78 is 27.6. The number of aromatic nitrogens is 4. The number of amides is 2. The van der Waals surface area contributed by atoms with Crippen LogP contribution >= 0.6 is 0 Å². The summed E-state index contributed by atoms with van der Waals surface area (Å²) >= 11 is 0. The Hall–Kier alpha value is -5.08. The fraction of sp³-hybridized carbons (Fsp3) is 0.600. The third-order valence-corrected chi connectivity index (χ3v) is 14.7. The number of fused-ring (bicyclic) bond motifs is 2. The number of anilines is 2. The average molecular weight is 877 g/mol. The first-order valence-corrected chi connectivity index (χ1v) is 24.0. The predicted octanol–water partition coefficient (Wildman–Crippen LogP) is 9.40. The number of nitrogens with zero attached hydrogens (tertiary/aromatic N) is 6. The van der Waals surface area contributed by atoms with Crippen LogP contribution in [-0.4, -0.2) is 95.4 Å². The highest BCUT2D eigenvalue weighted by Gasteiger charge is 2.36. The Bertz CT molecular complexity index is 2120. The highest BCUT2D eigenvalue weighted by atomic mass is 16.5. The molecule has 2 N–H and O–H groups in total. The molecule has 0 bridgehead atoms. The van der Waals surface area contributed by atoms with Crippen molar-refractivity contribution in [3.05, 3.63) is 60.2 Å². The number of nitrogens with one attached hydrogen (secondary N) is 2. The third kappa shape index (κ3) is 8.96. The Morgan fingerprint density at radius 1 is 0.594 bits per heavy atom. The van der Waals surface area contributed by atoms with Crippen molar-refractivity contribution in [2.24, 2.45) is 0 Å². The van der Waals surface area contributed by atoms with Crippen LogP contribution in [0.4, 0.5) is 21.0 Å². The van der Waals surface area contributed by atoms with Crippen LogP contribution in [0.3, 0.4) is 0 Å². The molecule has 6 heterocycles. The molecule has 0 radical (unpaired) electrons. The topological polar surface area (TPSA) is 137 Å². The van der Waals surface area contributed by atoms with Crippen LogP contribution in [0.15, 0.2) is 49.1 Å². The van der Waals surface area contributed by atoms with E-state index in [9.17, 15) is 9.59 Å². The summed E-state index contributed by atoms with van der Waals surface area (Å²) in [6, 6.07) is 10.3. The van der Waals surface area contributed by atoms with Crippen molar-refractivity contribution in [1.29, 1.82) is 0 Å². The van der Waals surface area contributed by atoms with E-state index in [1.807, 2.05) is 12.4 Å². The minimum absolute atomic E-state index is 0.0991. The Morgan fingerprint density at radius 3 is 1.38 bits per heavy atom. The Kier molecular flexibility index (Phi) is 13.2. The van der Waals surface area contributed by atoms with Crippen LogP contribution in [0.25, 0.3) is 22.3 Å². The van der Waals surface area contributed by atoms with Gasteiger partial charge in [-0.05, 0) is 155 Å². The third-order valence-electron chi connectivity index (χ3n) is 14.7. The van der Waals surface area contributed by atoms with E-state index in [0.717, 1.165) is 146 Å². The van der Waals surface area contributed by atoms with Crippen molar-refractivity contribution in [1.82, 2.24) is 30.2 Å². The lowest BCUT2D eigenvalue weighted by Gasteiger charge is -2.37. The fourth-order valence-corrected chi connectivity index (χ4v) is 10.4. The summed E-state index contributed by atoms with van der Waals surface area (Å²) in [5, 5.41) is 16.5. The quantitative estimate of drug-likeness (QED) is 0.176. The lowest BCUT2D eigenvalue weighted by atomic mass is 9.91. The smallest absolute Gasteiger partial charge is 0.414 e. The van der Waals surface area contributed by atoms with Gasteiger partial charge < -0.3 is 29.6 Å². The maximum Gasteiger partial charge on any atom is 0.414 e. The highest BCUT2D eigenvalue weighted by molar-refractivity contribution is 5.93. The van der Waals surface area contributed by atoms with Gasteiger partial charge in [-0.3, -0.25) is 19.2 Å². The van der Waals surface area contributed by atoms with E-state index in [-0.39, 0.29) is 36.5 Å². The van der Waals surface area contributed by atoms with Gasteiger partial charge in [0.15, 0.2) is 0 Å². The summed E-state index contributed by atoms with van der Waals surface area (Å²) in [6.07, 6.45) is 22.8. The lowest BCUT2D eigenvalue weighted by molar-refractivity contribution is 0.119. The molecule has 2 aromatic heterocycles. The zero-order chi connectivity index (χ0) is 44.5. The molecule has 2 amide bonds. The minimum Gasteiger partial charge on any atom is -0.489 e. The van der Waals surface area contributed by atoms with Gasteiger partial charge in [-0.2, -0.15) is 10.2 Å². The van der Waals surface area contributed by atoms with Crippen LogP contribution in [0.1, 0.15) is 128 Å². The molecule has 2 aliphatic carbocycles. The first-order valence-electron chi connectivity index (χ1n) is 24.0. The Morgan fingerprint density at radius 2 is 1.02 bits per heavy atom. The molecule has 2 aromatic carbocycles. The fourth-order valence-electron chi connectivity index (χ4n) is 10.4. The van der Waals surface area contributed by atoms with Gasteiger partial charge in [-0.25, -0.2) is 9.59 Å². The zero-order valence-corrected chi connectivity index (χ0v) is 38.7. The molecule has 6 aliphatic rings. The molecule has 0 spiro atoms. The van der Waals surface area contributed by atoms with Crippen molar-refractivity contribution >= 4 is 23.6 Å². The van der Waals surface area contributed by atoms with E-state index in [4.69, 9.17) is 29.1 Å². The maximum absolute atomic E-state index is 12.5. The van der Waals surface area contributed by atoms with Crippen molar-refractivity contribution in [2.75, 3.05) is 37.1 Å². The number of hydrogen-bond acceptors (Lipinski definition) is 10. The number of carbonyl (C=O) groups excluding carboxylic acids is 2. The van der Waals surface area contributed by atoms with Crippen LogP contribution in [0.5, 0.6) is 11.5 Å². The average Bonchev–Trinajstić information content (AvgIpc) is 3.97. The number of methoxy groups -OCH3 is 2. The van der Waals surface area contributed by atoms with Gasteiger partial charge in [0.2, 0.25) is 0 Å². The maximum atomic E-state index is 12.5. The summed E-state index contributed by atoms with van der Waals surface area (Å²) in [5.74, 6) is 1.84. The zero-order valence-electron chi connectivity index (χ0n) is 38.7. The summed E-state index contributed by atoms with van der Waals surface area (Å²) in [5.41, 5.74) is 8.35. The SMILES string of the molecule is COC(=O)N1c2ccc(-c3cnn([C@@H]4CCN[C@H](C)C4)c3)c(OC3CCC3)c2CC[C@@H]1C.COC(=O)N1c2ccc(-c3cnn([C@H]4CCN[C@@H](C)C4)c3)c(OC3CCC3)c2CC[C@@H]1C. The molecule has 4 fully saturated rings. The molecule has 344 valence electrons. The van der Waals surface area contributed by atoms with E-state index in [2.05, 4.69) is 84.4 Å². The molecule has 4 aliphatic heterocycles. The standard InChI is InChI=1S/2C25H34N4O3/c2*1-16-13-19(11-12-26-16)28-15-18(14-27-28)21-9-10-23-22(24(21)32-20-5-4-6-20)8-7-17(2)29(23)25(30)31-3/h2*9-10,14-17,19-20,26H,4-8,11-13H2,1-3H3/t16-,17+,19-;16-,17-,19-/m10/s1. The van der Waals surface area contributed by atoms with Gasteiger partial charge in [0.25, 0.3) is 0 Å². The van der Waals surface area contributed by atoms with Crippen molar-refractivity contribution < 1.29 is 28.5 Å².